The first-order valence-corrected chi connectivity index (χ1v) is 6.36. The van der Waals surface area contributed by atoms with Crippen molar-refractivity contribution in [3.63, 3.8) is 0 Å². The maximum atomic E-state index is 11.7. The van der Waals surface area contributed by atoms with Crippen LogP contribution in [0.15, 0.2) is 59.7 Å². The second kappa shape index (κ2) is 6.84. The minimum atomic E-state index is -1.24. The van der Waals surface area contributed by atoms with Gasteiger partial charge in [-0.1, -0.05) is 54.1 Å². The lowest BCUT2D eigenvalue weighted by Gasteiger charge is -2.08. The topological polar surface area (TPSA) is 61.7 Å². The molecule has 0 fully saturated rings. The van der Waals surface area contributed by atoms with E-state index in [-0.39, 0.29) is 0 Å². The Hall–Kier alpha value is -2.17. The first-order chi connectivity index (χ1) is 9.66. The van der Waals surface area contributed by atoms with Crippen molar-refractivity contribution in [3.8, 4) is 0 Å². The van der Waals surface area contributed by atoms with E-state index >= 15 is 0 Å². The van der Waals surface area contributed by atoms with Crippen LogP contribution in [-0.4, -0.2) is 17.2 Å². The van der Waals surface area contributed by atoms with E-state index in [0.29, 0.717) is 10.6 Å². The van der Waals surface area contributed by atoms with Crippen LogP contribution >= 0.6 is 11.6 Å². The summed E-state index contributed by atoms with van der Waals surface area (Å²) in [4.78, 5) is 11.7. The summed E-state index contributed by atoms with van der Waals surface area (Å²) in [6, 6.07) is 15.7. The van der Waals surface area contributed by atoms with Crippen LogP contribution in [0.3, 0.4) is 0 Å². The fourth-order valence-corrected chi connectivity index (χ4v) is 1.69. The highest BCUT2D eigenvalue weighted by molar-refractivity contribution is 6.30. The number of hydrazone groups is 1. The van der Waals surface area contributed by atoms with Gasteiger partial charge in [0.15, 0.2) is 6.10 Å². The van der Waals surface area contributed by atoms with Gasteiger partial charge in [0.1, 0.15) is 0 Å². The first-order valence-electron chi connectivity index (χ1n) is 5.98. The largest absolute Gasteiger partial charge is 0.378 e. The molecule has 1 amide bonds. The average molecular weight is 289 g/mol. The highest BCUT2D eigenvalue weighted by Crippen LogP contribution is 2.11. The Bertz CT molecular complexity index is 597. The van der Waals surface area contributed by atoms with Crippen LogP contribution in [0, 0.1) is 0 Å². The molecule has 0 saturated heterocycles. The molecule has 0 radical (unpaired) electrons. The van der Waals surface area contributed by atoms with Gasteiger partial charge in [-0.2, -0.15) is 5.10 Å². The molecule has 0 aliphatic heterocycles. The number of rotatable bonds is 4. The van der Waals surface area contributed by atoms with Crippen LogP contribution in [0.5, 0.6) is 0 Å². The number of aliphatic hydroxyl groups excluding tert-OH is 1. The molecule has 1 unspecified atom stereocenters. The molecule has 20 heavy (non-hydrogen) atoms. The number of halogens is 1. The Morgan fingerprint density at radius 2 is 1.80 bits per heavy atom. The number of carbonyl (C=O) groups is 1. The lowest BCUT2D eigenvalue weighted by atomic mass is 10.1. The second-order valence-electron chi connectivity index (χ2n) is 4.10. The van der Waals surface area contributed by atoms with E-state index in [0.717, 1.165) is 5.56 Å². The molecule has 5 heteroatoms. The Kier molecular flexibility index (Phi) is 4.87. The van der Waals surface area contributed by atoms with Crippen molar-refractivity contribution in [2.45, 2.75) is 6.10 Å². The number of nitrogens with zero attached hydrogens (tertiary/aromatic N) is 1. The number of hydrogen-bond acceptors (Lipinski definition) is 3. The molecule has 102 valence electrons. The molecule has 0 spiro atoms. The molecule has 0 bridgehead atoms. The third-order valence-corrected chi connectivity index (χ3v) is 2.87. The summed E-state index contributed by atoms with van der Waals surface area (Å²) in [6.07, 6.45) is 0.241. The Morgan fingerprint density at radius 3 is 2.45 bits per heavy atom. The molecular weight excluding hydrogens is 276 g/mol. The molecule has 4 nitrogen and oxygen atoms in total. The molecule has 0 aliphatic carbocycles. The highest BCUT2D eigenvalue weighted by Gasteiger charge is 2.15. The number of nitrogens with one attached hydrogen (secondary N) is 1. The van der Waals surface area contributed by atoms with Gasteiger partial charge in [0.25, 0.3) is 5.91 Å². The zero-order valence-corrected chi connectivity index (χ0v) is 11.3. The van der Waals surface area contributed by atoms with Crippen molar-refractivity contribution in [1.82, 2.24) is 5.43 Å². The zero-order valence-electron chi connectivity index (χ0n) is 10.5. The fraction of sp³-hybridized carbons (Fsp3) is 0.0667. The second-order valence-corrected chi connectivity index (χ2v) is 4.54. The molecule has 2 N–H and O–H groups in total. The zero-order chi connectivity index (χ0) is 14.4. The third kappa shape index (κ3) is 3.91. The summed E-state index contributed by atoms with van der Waals surface area (Å²) in [5.74, 6) is -0.582. The van der Waals surface area contributed by atoms with Gasteiger partial charge in [-0.15, -0.1) is 0 Å². The average Bonchev–Trinajstić information content (AvgIpc) is 2.49. The van der Waals surface area contributed by atoms with Gasteiger partial charge in [0.05, 0.1) is 6.21 Å². The summed E-state index contributed by atoms with van der Waals surface area (Å²) in [6.45, 7) is 0. The third-order valence-electron chi connectivity index (χ3n) is 2.62. The normalized spacial score (nSPS) is 12.3. The fourth-order valence-electron chi connectivity index (χ4n) is 1.57. The molecule has 2 rings (SSSR count). The maximum absolute atomic E-state index is 11.7. The van der Waals surface area contributed by atoms with Crippen LogP contribution in [-0.2, 0) is 4.79 Å². The van der Waals surface area contributed by atoms with Crippen LogP contribution < -0.4 is 5.43 Å². The number of aliphatic hydroxyl groups is 1. The van der Waals surface area contributed by atoms with Crippen LogP contribution in [0.1, 0.15) is 17.2 Å². The van der Waals surface area contributed by atoms with Crippen molar-refractivity contribution in [3.05, 3.63) is 70.7 Å². The smallest absolute Gasteiger partial charge is 0.273 e. The van der Waals surface area contributed by atoms with Gasteiger partial charge in [0.2, 0.25) is 0 Å². The predicted octanol–water partition coefficient (Wildman–Crippen LogP) is 2.52. The number of hydrogen-bond donors (Lipinski definition) is 2. The van der Waals surface area contributed by atoms with Crippen molar-refractivity contribution < 1.29 is 9.90 Å². The van der Waals surface area contributed by atoms with Crippen molar-refractivity contribution in [1.29, 1.82) is 0 Å². The Balaban J connectivity index is 1.93. The number of benzene rings is 2. The van der Waals surface area contributed by atoms with E-state index in [4.69, 9.17) is 11.6 Å². The predicted molar refractivity (Wildman–Crippen MR) is 78.6 cm³/mol. The summed E-state index contributed by atoms with van der Waals surface area (Å²) < 4.78 is 0. The first kappa shape index (κ1) is 14.2. The Labute approximate surface area is 121 Å². The van der Waals surface area contributed by atoms with Gasteiger partial charge < -0.3 is 5.11 Å². The van der Waals surface area contributed by atoms with Gasteiger partial charge in [-0.25, -0.2) is 5.43 Å². The van der Waals surface area contributed by atoms with Crippen LogP contribution in [0.2, 0.25) is 5.02 Å². The van der Waals surface area contributed by atoms with Gasteiger partial charge in [-0.05, 0) is 23.3 Å². The van der Waals surface area contributed by atoms with E-state index in [2.05, 4.69) is 10.5 Å². The monoisotopic (exact) mass is 288 g/mol. The van der Waals surface area contributed by atoms with Crippen LogP contribution in [0.25, 0.3) is 0 Å². The molecule has 0 aliphatic rings. The van der Waals surface area contributed by atoms with Crippen LogP contribution in [0.4, 0.5) is 0 Å². The molecule has 0 saturated carbocycles. The van der Waals surface area contributed by atoms with Crippen molar-refractivity contribution in [2.75, 3.05) is 0 Å². The summed E-state index contributed by atoms with van der Waals surface area (Å²) >= 11 is 5.76. The molecular formula is C15H13ClN2O2. The van der Waals surface area contributed by atoms with E-state index in [9.17, 15) is 9.90 Å². The van der Waals surface area contributed by atoms with Gasteiger partial charge in [0, 0.05) is 5.02 Å². The van der Waals surface area contributed by atoms with E-state index in [1.807, 2.05) is 6.07 Å². The van der Waals surface area contributed by atoms with Crippen molar-refractivity contribution in [2.24, 2.45) is 5.10 Å². The molecule has 0 aromatic heterocycles. The number of amides is 1. The highest BCUT2D eigenvalue weighted by atomic mass is 35.5. The molecule has 0 heterocycles. The minimum absolute atomic E-state index is 0.520. The summed E-state index contributed by atoms with van der Waals surface area (Å²) in [5, 5.41) is 14.2. The quantitative estimate of drug-likeness (QED) is 0.671. The van der Waals surface area contributed by atoms with E-state index < -0.39 is 12.0 Å². The van der Waals surface area contributed by atoms with E-state index in [1.165, 1.54) is 6.21 Å². The number of carbonyl (C=O) groups excluding carboxylic acids is 1. The lowest BCUT2D eigenvalue weighted by molar-refractivity contribution is -0.129. The molecule has 1 atom stereocenters. The lowest BCUT2D eigenvalue weighted by Crippen LogP contribution is -2.25. The minimum Gasteiger partial charge on any atom is -0.378 e. The SMILES string of the molecule is O=C(NN=Cc1ccc(Cl)cc1)C(O)c1ccccc1. The van der Waals surface area contributed by atoms with Crippen molar-refractivity contribution >= 4 is 23.7 Å². The molecule has 2 aromatic rings. The van der Waals surface area contributed by atoms with E-state index in [1.54, 1.807) is 48.5 Å². The van der Waals surface area contributed by atoms with Gasteiger partial charge in [-0.3, -0.25) is 4.79 Å². The standard InChI is InChI=1S/C15H13ClN2O2/c16-13-8-6-11(7-9-13)10-17-18-15(20)14(19)12-4-2-1-3-5-12/h1-10,14,19H,(H,18,20). The summed E-state index contributed by atoms with van der Waals surface area (Å²) in [5.41, 5.74) is 3.61. The molecule has 2 aromatic carbocycles. The summed E-state index contributed by atoms with van der Waals surface area (Å²) in [7, 11) is 0. The Morgan fingerprint density at radius 1 is 1.15 bits per heavy atom. The maximum Gasteiger partial charge on any atom is 0.273 e. The van der Waals surface area contributed by atoms with Gasteiger partial charge >= 0.3 is 0 Å².